The Balaban J connectivity index is 1.74. The fraction of sp³-hybridized carbons (Fsp3) is 0.556. The molecule has 1 aliphatic heterocycles. The molecule has 1 N–H and O–H groups in total. The molecule has 0 spiro atoms. The van der Waals surface area contributed by atoms with Crippen LogP contribution in [0.5, 0.6) is 0 Å². The van der Waals surface area contributed by atoms with Gasteiger partial charge < -0.3 is 15.0 Å². The van der Waals surface area contributed by atoms with Crippen LogP contribution in [0.2, 0.25) is 0 Å². The van der Waals surface area contributed by atoms with E-state index in [-0.39, 0.29) is 11.8 Å². The van der Waals surface area contributed by atoms with Crippen LogP contribution in [-0.2, 0) is 9.53 Å². The third kappa shape index (κ3) is 4.44. The Bertz CT molecular complexity index is 868. The van der Waals surface area contributed by atoms with Crippen molar-refractivity contribution in [2.75, 3.05) is 13.1 Å². The maximum atomic E-state index is 12.0. The third-order valence-corrected chi connectivity index (χ3v) is 4.33. The summed E-state index contributed by atoms with van der Waals surface area (Å²) in [6, 6.07) is 1.40. The number of rotatable bonds is 4. The van der Waals surface area contributed by atoms with E-state index in [0.29, 0.717) is 24.7 Å². The number of likely N-dealkylation sites (tertiary alicyclic amines) is 1. The molecule has 150 valence electrons. The molecule has 0 aliphatic carbocycles. The van der Waals surface area contributed by atoms with Crippen molar-refractivity contribution in [3.05, 3.63) is 30.2 Å². The average molecular weight is 387 g/mol. The molecule has 1 unspecified atom stereocenters. The Kier molecular flexibility index (Phi) is 5.30. The average Bonchev–Trinajstić information content (AvgIpc) is 3.01. The largest absolute Gasteiger partial charge is 0.444 e. The lowest BCUT2D eigenvalue weighted by Gasteiger charge is -2.38. The first-order valence-corrected chi connectivity index (χ1v) is 9.11. The Hall–Kier alpha value is -3.04. The molecule has 0 aromatic carbocycles. The number of ether oxygens (including phenoxy) is 1. The Labute approximate surface area is 163 Å². The van der Waals surface area contributed by atoms with Crippen molar-refractivity contribution in [2.45, 2.75) is 52.2 Å². The zero-order chi connectivity index (χ0) is 20.5. The lowest BCUT2D eigenvalue weighted by molar-refractivity contribution is -0.133. The standard InChI is InChI=1S/C18H25N7O3/c1-11(23-17(27)28-18(3,4)5)16-21-10-22-25(16)15-6-14(19-9-20-15)13-7-24(8-13)12(2)26/h6,9-11,13H,7-8H2,1-5H3,(H,23,27). The van der Waals surface area contributed by atoms with E-state index in [9.17, 15) is 9.59 Å². The molecule has 3 heterocycles. The predicted octanol–water partition coefficient (Wildman–Crippen LogP) is 1.59. The van der Waals surface area contributed by atoms with Crippen LogP contribution >= 0.6 is 0 Å². The second kappa shape index (κ2) is 7.53. The van der Waals surface area contributed by atoms with E-state index in [1.807, 2.05) is 6.07 Å². The Morgan fingerprint density at radius 3 is 2.57 bits per heavy atom. The number of nitrogens with zero attached hydrogens (tertiary/aromatic N) is 6. The van der Waals surface area contributed by atoms with Crippen molar-refractivity contribution in [1.82, 2.24) is 34.9 Å². The van der Waals surface area contributed by atoms with E-state index in [0.717, 1.165) is 5.69 Å². The molecule has 10 heteroatoms. The minimum absolute atomic E-state index is 0.0612. The maximum absolute atomic E-state index is 12.0. The summed E-state index contributed by atoms with van der Waals surface area (Å²) in [4.78, 5) is 38.0. The molecule has 1 saturated heterocycles. The minimum Gasteiger partial charge on any atom is -0.444 e. The van der Waals surface area contributed by atoms with Crippen molar-refractivity contribution in [3.63, 3.8) is 0 Å². The van der Waals surface area contributed by atoms with Crippen molar-refractivity contribution in [3.8, 4) is 5.82 Å². The normalized spacial score (nSPS) is 15.7. The molecule has 2 aromatic heterocycles. The van der Waals surface area contributed by atoms with Gasteiger partial charge in [-0.2, -0.15) is 9.78 Å². The van der Waals surface area contributed by atoms with E-state index in [4.69, 9.17) is 4.74 Å². The van der Waals surface area contributed by atoms with Crippen LogP contribution in [-0.4, -0.2) is 60.3 Å². The number of amides is 2. The molecule has 2 aromatic rings. The summed E-state index contributed by atoms with van der Waals surface area (Å²) in [5, 5.41) is 6.99. The molecule has 0 radical (unpaired) electrons. The van der Waals surface area contributed by atoms with Gasteiger partial charge in [-0.3, -0.25) is 4.79 Å². The number of alkyl carbamates (subject to hydrolysis) is 1. The first-order valence-electron chi connectivity index (χ1n) is 9.11. The van der Waals surface area contributed by atoms with Gasteiger partial charge in [-0.1, -0.05) is 0 Å². The number of carbonyl (C=O) groups is 2. The van der Waals surface area contributed by atoms with Crippen LogP contribution in [0, 0.1) is 0 Å². The summed E-state index contributed by atoms with van der Waals surface area (Å²) in [6.07, 6.45) is 2.35. The molecule has 1 fully saturated rings. The van der Waals surface area contributed by atoms with Gasteiger partial charge in [0.25, 0.3) is 0 Å². The van der Waals surface area contributed by atoms with Crippen molar-refractivity contribution in [1.29, 1.82) is 0 Å². The van der Waals surface area contributed by atoms with Gasteiger partial charge in [0.2, 0.25) is 5.91 Å². The van der Waals surface area contributed by atoms with Crippen LogP contribution in [0.4, 0.5) is 4.79 Å². The van der Waals surface area contributed by atoms with E-state index in [1.165, 1.54) is 12.7 Å². The van der Waals surface area contributed by atoms with Gasteiger partial charge in [0.05, 0.1) is 11.7 Å². The molecule has 1 aliphatic rings. The van der Waals surface area contributed by atoms with Gasteiger partial charge in [-0.05, 0) is 27.7 Å². The van der Waals surface area contributed by atoms with E-state index in [1.54, 1.807) is 44.2 Å². The van der Waals surface area contributed by atoms with Gasteiger partial charge >= 0.3 is 6.09 Å². The first kappa shape index (κ1) is 19.7. The first-order chi connectivity index (χ1) is 13.1. The number of hydrogen-bond acceptors (Lipinski definition) is 7. The van der Waals surface area contributed by atoms with E-state index in [2.05, 4.69) is 25.4 Å². The molecule has 10 nitrogen and oxygen atoms in total. The van der Waals surface area contributed by atoms with E-state index < -0.39 is 17.7 Å². The van der Waals surface area contributed by atoms with Gasteiger partial charge in [0.15, 0.2) is 11.6 Å². The van der Waals surface area contributed by atoms with Gasteiger partial charge in [-0.15, -0.1) is 0 Å². The number of carbonyl (C=O) groups excluding carboxylic acids is 2. The zero-order valence-corrected chi connectivity index (χ0v) is 16.7. The summed E-state index contributed by atoms with van der Waals surface area (Å²) in [7, 11) is 0. The summed E-state index contributed by atoms with van der Waals surface area (Å²) >= 11 is 0. The number of nitrogens with one attached hydrogen (secondary N) is 1. The van der Waals surface area contributed by atoms with Crippen LogP contribution < -0.4 is 5.32 Å². The molecule has 1 atom stereocenters. The Morgan fingerprint density at radius 2 is 1.93 bits per heavy atom. The molecular formula is C18H25N7O3. The lowest BCUT2D eigenvalue weighted by atomic mass is 9.96. The highest BCUT2D eigenvalue weighted by molar-refractivity contribution is 5.74. The summed E-state index contributed by atoms with van der Waals surface area (Å²) in [5.41, 5.74) is 0.256. The van der Waals surface area contributed by atoms with Crippen LogP contribution in [0.15, 0.2) is 18.7 Å². The zero-order valence-electron chi connectivity index (χ0n) is 16.7. The van der Waals surface area contributed by atoms with Crippen LogP contribution in [0.1, 0.15) is 58.1 Å². The number of hydrogen-bond donors (Lipinski definition) is 1. The van der Waals surface area contributed by atoms with Crippen molar-refractivity contribution in [2.24, 2.45) is 0 Å². The van der Waals surface area contributed by atoms with Crippen molar-refractivity contribution < 1.29 is 14.3 Å². The van der Waals surface area contributed by atoms with E-state index >= 15 is 0 Å². The fourth-order valence-electron chi connectivity index (χ4n) is 2.89. The summed E-state index contributed by atoms with van der Waals surface area (Å²) < 4.78 is 6.85. The summed E-state index contributed by atoms with van der Waals surface area (Å²) in [6.45, 7) is 10.0. The smallest absolute Gasteiger partial charge is 0.408 e. The highest BCUT2D eigenvalue weighted by Crippen LogP contribution is 2.26. The second-order valence-electron chi connectivity index (χ2n) is 7.82. The fourth-order valence-corrected chi connectivity index (χ4v) is 2.89. The second-order valence-corrected chi connectivity index (χ2v) is 7.82. The van der Waals surface area contributed by atoms with Gasteiger partial charge in [-0.25, -0.2) is 19.7 Å². The highest BCUT2D eigenvalue weighted by atomic mass is 16.6. The molecule has 0 saturated carbocycles. The summed E-state index contributed by atoms with van der Waals surface area (Å²) in [5.74, 6) is 1.31. The molecule has 0 bridgehead atoms. The quantitative estimate of drug-likeness (QED) is 0.847. The molecule has 2 amide bonds. The van der Waals surface area contributed by atoms with Crippen LogP contribution in [0.3, 0.4) is 0 Å². The molecular weight excluding hydrogens is 362 g/mol. The SMILES string of the molecule is CC(=O)N1CC(c2cc(-n3ncnc3C(C)NC(=O)OC(C)(C)C)ncn2)C1. The predicted molar refractivity (Wildman–Crippen MR) is 99.7 cm³/mol. The van der Waals surface area contributed by atoms with Gasteiger partial charge in [0, 0.05) is 32.0 Å². The topological polar surface area (TPSA) is 115 Å². The monoisotopic (exact) mass is 387 g/mol. The van der Waals surface area contributed by atoms with Crippen molar-refractivity contribution >= 4 is 12.0 Å². The lowest BCUT2D eigenvalue weighted by Crippen LogP contribution is -2.47. The Morgan fingerprint density at radius 1 is 1.21 bits per heavy atom. The minimum atomic E-state index is -0.588. The highest BCUT2D eigenvalue weighted by Gasteiger charge is 2.31. The molecule has 28 heavy (non-hydrogen) atoms. The van der Waals surface area contributed by atoms with Crippen LogP contribution in [0.25, 0.3) is 5.82 Å². The maximum Gasteiger partial charge on any atom is 0.408 e. The number of aromatic nitrogens is 5. The molecule has 3 rings (SSSR count). The van der Waals surface area contributed by atoms with Gasteiger partial charge in [0.1, 0.15) is 18.3 Å². The third-order valence-electron chi connectivity index (χ3n) is 4.33.